The fraction of sp³-hybridized carbons (Fsp3) is 0. The third-order valence-corrected chi connectivity index (χ3v) is 3.59. The number of H-pyrrole nitrogens is 1. The third kappa shape index (κ3) is 3.95. The molecule has 0 bridgehead atoms. The van der Waals surface area contributed by atoms with E-state index in [1.807, 2.05) is 0 Å². The summed E-state index contributed by atoms with van der Waals surface area (Å²) in [7, 11) is 0. The van der Waals surface area contributed by atoms with Crippen LogP contribution in [0.25, 0.3) is 11.4 Å². The van der Waals surface area contributed by atoms with Crippen molar-refractivity contribution in [2.24, 2.45) is 4.99 Å². The van der Waals surface area contributed by atoms with Crippen LogP contribution in [0.15, 0.2) is 51.9 Å². The van der Waals surface area contributed by atoms with E-state index in [0.29, 0.717) is 22.8 Å². The fourth-order valence-electron chi connectivity index (χ4n) is 1.99. The van der Waals surface area contributed by atoms with Gasteiger partial charge < -0.3 is 10.4 Å². The van der Waals surface area contributed by atoms with Crippen molar-refractivity contribution in [2.45, 2.75) is 0 Å². The standard InChI is InChI=1S/C14H10BrN7O3/c15-8-1-6-12(11(7-8)13-18-20-21-19-13)17-14(23)16-9-2-4-10(5-3-9)22(24)25/h1-7H,(H2,16,17,23)(H,18,19,20,21)/p-1. The van der Waals surface area contributed by atoms with Gasteiger partial charge >= 0.3 is 0 Å². The molecule has 0 unspecified atom stereocenters. The lowest BCUT2D eigenvalue weighted by molar-refractivity contribution is -0.384. The normalized spacial score (nSPS) is 11.3. The van der Waals surface area contributed by atoms with Crippen LogP contribution in [-0.4, -0.2) is 31.6 Å². The van der Waals surface area contributed by atoms with Gasteiger partial charge in [-0.2, -0.15) is 5.21 Å². The number of halogens is 1. The largest absolute Gasteiger partial charge is 0.846 e. The van der Waals surface area contributed by atoms with Gasteiger partial charge in [0.2, 0.25) is 5.82 Å². The first-order chi connectivity index (χ1) is 12.0. The molecule has 0 atom stereocenters. The molecule has 11 heteroatoms. The second kappa shape index (κ2) is 7.05. The molecule has 0 aliphatic heterocycles. The number of nitro groups is 1. The Bertz CT molecular complexity index is 926. The molecule has 3 aromatic rings. The van der Waals surface area contributed by atoms with Crippen LogP contribution in [0.2, 0.25) is 0 Å². The Morgan fingerprint density at radius 2 is 2.00 bits per heavy atom. The van der Waals surface area contributed by atoms with Gasteiger partial charge in [-0.3, -0.25) is 10.1 Å². The predicted molar refractivity (Wildman–Crippen MR) is 91.1 cm³/mol. The van der Waals surface area contributed by atoms with Gasteiger partial charge in [-0.25, -0.2) is 4.99 Å². The Labute approximate surface area is 148 Å². The summed E-state index contributed by atoms with van der Waals surface area (Å²) in [6, 6.07) is 9.86. The molecular formula is C14H9BrN7O3-. The predicted octanol–water partition coefficient (Wildman–Crippen LogP) is 2.00. The molecule has 0 radical (unpaired) electrons. The molecule has 3 rings (SSSR count). The van der Waals surface area contributed by atoms with Crippen LogP contribution in [-0.2, 0) is 0 Å². The van der Waals surface area contributed by atoms with Crippen molar-refractivity contribution in [3.63, 3.8) is 0 Å². The van der Waals surface area contributed by atoms with Crippen molar-refractivity contribution in [3.05, 3.63) is 57.1 Å². The Morgan fingerprint density at radius 1 is 1.24 bits per heavy atom. The first kappa shape index (κ1) is 16.5. The molecule has 0 saturated heterocycles. The van der Waals surface area contributed by atoms with Crippen molar-refractivity contribution >= 4 is 39.0 Å². The molecule has 2 aromatic carbocycles. The van der Waals surface area contributed by atoms with Crippen LogP contribution in [0.1, 0.15) is 0 Å². The average molecular weight is 403 g/mol. The highest BCUT2D eigenvalue weighted by atomic mass is 79.9. The lowest BCUT2D eigenvalue weighted by Crippen LogP contribution is -2.26. The maximum Gasteiger partial charge on any atom is 0.269 e. The highest BCUT2D eigenvalue weighted by Crippen LogP contribution is 2.30. The molecule has 2 N–H and O–H groups in total. The van der Waals surface area contributed by atoms with Gasteiger partial charge in [0.15, 0.2) is 0 Å². The van der Waals surface area contributed by atoms with Crippen LogP contribution < -0.4 is 10.4 Å². The molecule has 0 saturated carbocycles. The number of amidine groups is 1. The van der Waals surface area contributed by atoms with Crippen LogP contribution in [0.5, 0.6) is 0 Å². The molecular weight excluding hydrogens is 394 g/mol. The topological polar surface area (TPSA) is 145 Å². The minimum atomic E-state index is -0.638. The van der Waals surface area contributed by atoms with Gasteiger partial charge in [0.05, 0.1) is 16.6 Å². The number of rotatable bonds is 4. The summed E-state index contributed by atoms with van der Waals surface area (Å²) in [5, 5.41) is 38.9. The van der Waals surface area contributed by atoms with Crippen LogP contribution in [0.3, 0.4) is 0 Å². The maximum absolute atomic E-state index is 12.1. The molecule has 25 heavy (non-hydrogen) atoms. The molecule has 0 amide bonds. The van der Waals surface area contributed by atoms with E-state index < -0.39 is 10.9 Å². The molecule has 1 aromatic heterocycles. The summed E-state index contributed by atoms with van der Waals surface area (Å²) >= 11 is 3.34. The number of hydrogen-bond donors (Lipinski definition) is 2. The molecule has 0 fully saturated rings. The second-order valence-corrected chi connectivity index (χ2v) is 5.66. The summed E-state index contributed by atoms with van der Waals surface area (Å²) in [5.41, 5.74) is 1.19. The number of aromatic amines is 1. The Kier molecular flexibility index (Phi) is 4.66. The highest BCUT2D eigenvalue weighted by molar-refractivity contribution is 9.10. The Morgan fingerprint density at radius 3 is 2.64 bits per heavy atom. The van der Waals surface area contributed by atoms with Gasteiger partial charge in [-0.15, -0.1) is 10.2 Å². The second-order valence-electron chi connectivity index (χ2n) is 4.74. The number of aromatic nitrogens is 4. The average Bonchev–Trinajstić information content (AvgIpc) is 3.11. The number of nitrogens with zero attached hydrogens (tertiary/aromatic N) is 5. The highest BCUT2D eigenvalue weighted by Gasteiger charge is 2.10. The summed E-state index contributed by atoms with van der Waals surface area (Å²) in [4.78, 5) is 14.1. The first-order valence-electron chi connectivity index (χ1n) is 6.83. The van der Waals surface area contributed by atoms with Crippen molar-refractivity contribution < 1.29 is 10.0 Å². The van der Waals surface area contributed by atoms with Crippen LogP contribution in [0, 0.1) is 10.1 Å². The molecule has 126 valence electrons. The van der Waals surface area contributed by atoms with E-state index in [4.69, 9.17) is 0 Å². The van der Waals surface area contributed by atoms with Gasteiger partial charge in [0, 0.05) is 27.9 Å². The number of anilines is 1. The third-order valence-electron chi connectivity index (χ3n) is 3.10. The van der Waals surface area contributed by atoms with E-state index in [1.165, 1.54) is 24.3 Å². The minimum Gasteiger partial charge on any atom is -0.846 e. The Hall–Kier alpha value is -3.34. The zero-order valence-electron chi connectivity index (χ0n) is 12.4. The van der Waals surface area contributed by atoms with E-state index in [2.05, 4.69) is 46.9 Å². The zero-order chi connectivity index (χ0) is 17.8. The summed E-state index contributed by atoms with van der Waals surface area (Å²) in [6.07, 6.45) is 0. The van der Waals surface area contributed by atoms with Crippen molar-refractivity contribution in [1.82, 2.24) is 20.6 Å². The number of nitro benzene ring substituents is 1. The SMILES string of the molecule is O=[N+]([O-])c1ccc(NC([O-])=Nc2ccc(Br)cc2-c2nn[nH]n2)cc1. The molecule has 10 nitrogen and oxygen atoms in total. The van der Waals surface area contributed by atoms with Gasteiger partial charge in [-0.05, 0) is 35.5 Å². The number of hydrogen-bond acceptors (Lipinski definition) is 7. The maximum atomic E-state index is 12.1. The van der Waals surface area contributed by atoms with Gasteiger partial charge in [-0.1, -0.05) is 15.9 Å². The molecule has 0 aliphatic carbocycles. The quantitative estimate of drug-likeness (QED) is 0.293. The number of non-ortho nitro benzene ring substituents is 1. The van der Waals surface area contributed by atoms with Crippen molar-refractivity contribution in [3.8, 4) is 11.4 Å². The first-order valence-corrected chi connectivity index (χ1v) is 7.63. The monoisotopic (exact) mass is 402 g/mol. The van der Waals surface area contributed by atoms with Gasteiger partial charge in [0.25, 0.3) is 5.69 Å². The molecule has 0 aliphatic rings. The van der Waals surface area contributed by atoms with E-state index in [0.717, 1.165) is 4.47 Å². The number of nitrogens with one attached hydrogen (secondary N) is 2. The summed E-state index contributed by atoms with van der Waals surface area (Å²) in [6.45, 7) is 0. The van der Waals surface area contributed by atoms with Gasteiger partial charge in [0.1, 0.15) is 0 Å². The summed E-state index contributed by atoms with van der Waals surface area (Å²) in [5.74, 6) is 0.295. The van der Waals surface area contributed by atoms with Crippen LogP contribution in [0.4, 0.5) is 17.1 Å². The number of benzene rings is 2. The summed E-state index contributed by atoms with van der Waals surface area (Å²) < 4.78 is 0.766. The Balaban J connectivity index is 1.86. The minimum absolute atomic E-state index is 0.0674. The van der Waals surface area contributed by atoms with E-state index in [-0.39, 0.29) is 5.69 Å². The zero-order valence-corrected chi connectivity index (χ0v) is 14.0. The van der Waals surface area contributed by atoms with E-state index in [9.17, 15) is 15.2 Å². The van der Waals surface area contributed by atoms with Crippen LogP contribution >= 0.6 is 15.9 Å². The van der Waals surface area contributed by atoms with Crippen molar-refractivity contribution in [2.75, 3.05) is 5.32 Å². The number of aliphatic imine (C=N–C) groups is 1. The lowest BCUT2D eigenvalue weighted by Gasteiger charge is -2.14. The number of tetrazole rings is 1. The lowest BCUT2D eigenvalue weighted by atomic mass is 10.2. The fourth-order valence-corrected chi connectivity index (χ4v) is 2.35. The van der Waals surface area contributed by atoms with Crippen molar-refractivity contribution in [1.29, 1.82) is 0 Å². The van der Waals surface area contributed by atoms with E-state index in [1.54, 1.807) is 18.2 Å². The van der Waals surface area contributed by atoms with E-state index >= 15 is 0 Å². The molecule has 1 heterocycles. The smallest absolute Gasteiger partial charge is 0.269 e. The molecule has 0 spiro atoms.